The number of benzene rings is 2. The van der Waals surface area contributed by atoms with Gasteiger partial charge in [0.2, 0.25) is 0 Å². The van der Waals surface area contributed by atoms with Crippen LogP contribution in [-0.4, -0.2) is 77.4 Å². The number of nitrogens with one attached hydrogen (secondary N) is 4. The van der Waals surface area contributed by atoms with Crippen LogP contribution in [0.4, 0.5) is 22.8 Å². The van der Waals surface area contributed by atoms with Gasteiger partial charge >= 0.3 is 24.2 Å². The van der Waals surface area contributed by atoms with Crippen LogP contribution in [0.25, 0.3) is 0 Å². The number of halogens is 3. The van der Waals surface area contributed by atoms with E-state index in [1.54, 1.807) is 22.3 Å². The molecule has 4 atom stereocenters. The van der Waals surface area contributed by atoms with E-state index < -0.39 is 12.1 Å². The topological polar surface area (TPSA) is 126 Å². The van der Waals surface area contributed by atoms with Crippen molar-refractivity contribution in [3.63, 3.8) is 0 Å². The molecule has 354 valence electrons. The standard InChI is InChI=1S/C49H74N6O2.C2HF3O2/c56-48(52-38-22-18-36(19-23-38)30-34-54-44-26-27-45(54)41-15-9-8-14-40(41)44)50-32-12-6-4-2-1-3-5-7-13-33-51-49(57)53-39-24-20-37(21-25-39)31-35-55-46-28-29-47(55)43-17-11-10-16-42(43)46;3-2(4,5)1(6)7/h8-11,14-17,36-39,44-47H,1-7,12-13,18-35H2,(H2,50,52,56)(H2,51,53,57);(H,6,7)/t36?,37?,38?,39?,44-,45+,46-,47?;/m1./s1. The lowest BCUT2D eigenvalue weighted by Crippen LogP contribution is -2.44. The second-order valence-corrected chi connectivity index (χ2v) is 19.7. The number of carboxylic acid groups (broad SMARTS) is 1. The lowest BCUT2D eigenvalue weighted by Gasteiger charge is -2.31. The number of carbonyl (C=O) groups is 3. The van der Waals surface area contributed by atoms with E-state index in [2.05, 4.69) is 79.6 Å². The average Bonchev–Trinajstić information content (AvgIpc) is 4.06. The van der Waals surface area contributed by atoms with E-state index in [4.69, 9.17) is 9.90 Å². The third-order valence-corrected chi connectivity index (χ3v) is 15.6. The Morgan fingerprint density at radius 3 is 1.09 bits per heavy atom. The third kappa shape index (κ3) is 13.2. The summed E-state index contributed by atoms with van der Waals surface area (Å²) in [7, 11) is 0. The molecular formula is C51H75F3N6O4. The van der Waals surface area contributed by atoms with Crippen molar-refractivity contribution in [2.45, 2.75) is 190 Å². The van der Waals surface area contributed by atoms with Gasteiger partial charge in [-0.2, -0.15) is 13.2 Å². The lowest BCUT2D eigenvalue weighted by atomic mass is 9.84. The van der Waals surface area contributed by atoms with Gasteiger partial charge in [-0.1, -0.05) is 93.5 Å². The Morgan fingerprint density at radius 1 is 0.500 bits per heavy atom. The van der Waals surface area contributed by atoms with Crippen molar-refractivity contribution in [1.82, 2.24) is 31.1 Å². The zero-order valence-electron chi connectivity index (χ0n) is 38.0. The first-order valence-electron chi connectivity index (χ1n) is 25.1. The van der Waals surface area contributed by atoms with E-state index in [0.29, 0.717) is 36.3 Å². The fourth-order valence-electron chi connectivity index (χ4n) is 12.1. The molecule has 4 aliphatic heterocycles. The molecule has 6 aliphatic rings. The molecule has 2 saturated carbocycles. The minimum atomic E-state index is -5.08. The highest BCUT2D eigenvalue weighted by Gasteiger charge is 2.44. The summed E-state index contributed by atoms with van der Waals surface area (Å²) in [4.78, 5) is 39.6. The largest absolute Gasteiger partial charge is 0.490 e. The molecule has 2 aliphatic carbocycles. The molecule has 8 rings (SSSR count). The van der Waals surface area contributed by atoms with Gasteiger partial charge in [0.05, 0.1) is 0 Å². The van der Waals surface area contributed by atoms with Crippen LogP contribution in [-0.2, 0) is 4.79 Å². The minimum Gasteiger partial charge on any atom is -0.475 e. The summed E-state index contributed by atoms with van der Waals surface area (Å²) < 4.78 is 31.7. The SMILES string of the molecule is O=C(NCCCCCCCCCCCNC(=O)NC1CCC(CCN2[C@@H]3CC[C@H]2c2ccccc23)CC1)NC1CCC(CCN2C3CC[C@@H]2c2ccccc23)CC1.O=C(O)C(F)(F)F. The predicted molar refractivity (Wildman–Crippen MR) is 245 cm³/mol. The van der Waals surface area contributed by atoms with Crippen LogP contribution in [0, 0.1) is 11.8 Å². The molecule has 0 radical (unpaired) electrons. The van der Waals surface area contributed by atoms with Gasteiger partial charge in [-0.05, 0) is 150 Å². The molecule has 0 aromatic heterocycles. The zero-order valence-corrected chi connectivity index (χ0v) is 38.0. The molecule has 0 spiro atoms. The molecule has 4 heterocycles. The number of alkyl halides is 3. The monoisotopic (exact) mass is 893 g/mol. The third-order valence-electron chi connectivity index (χ3n) is 15.6. The van der Waals surface area contributed by atoms with Gasteiger partial charge in [0.1, 0.15) is 0 Å². The Morgan fingerprint density at radius 2 is 0.797 bits per heavy atom. The fourth-order valence-corrected chi connectivity index (χ4v) is 12.1. The van der Waals surface area contributed by atoms with Crippen molar-refractivity contribution >= 4 is 18.0 Å². The molecule has 2 saturated heterocycles. The maximum atomic E-state index is 12.5. The molecular weight excluding hydrogens is 818 g/mol. The number of fused-ring (bicyclic) bond motifs is 10. The van der Waals surface area contributed by atoms with Crippen LogP contribution in [0.15, 0.2) is 48.5 Å². The highest BCUT2D eigenvalue weighted by atomic mass is 19.4. The molecule has 13 heteroatoms. The van der Waals surface area contributed by atoms with Gasteiger partial charge in [-0.15, -0.1) is 0 Å². The Balaban J connectivity index is 0.000000809. The number of aliphatic carboxylic acids is 1. The van der Waals surface area contributed by atoms with Crippen LogP contribution in [0.2, 0.25) is 0 Å². The first-order chi connectivity index (χ1) is 31.0. The second kappa shape index (κ2) is 23.6. The molecule has 4 fully saturated rings. The van der Waals surface area contributed by atoms with Crippen LogP contribution >= 0.6 is 0 Å². The number of carbonyl (C=O) groups excluding carboxylic acids is 2. The number of hydrogen-bond acceptors (Lipinski definition) is 5. The quantitative estimate of drug-likeness (QED) is 0.0843. The van der Waals surface area contributed by atoms with Crippen LogP contribution in [0.1, 0.15) is 194 Å². The van der Waals surface area contributed by atoms with E-state index in [9.17, 15) is 22.8 Å². The maximum Gasteiger partial charge on any atom is 0.490 e. The van der Waals surface area contributed by atoms with Gasteiger partial charge in [0.25, 0.3) is 0 Å². The van der Waals surface area contributed by atoms with Crippen molar-refractivity contribution in [3.05, 3.63) is 70.8 Å². The molecule has 10 nitrogen and oxygen atoms in total. The number of nitrogens with zero attached hydrogens (tertiary/aromatic N) is 2. The summed E-state index contributed by atoms with van der Waals surface area (Å²) in [5, 5.41) is 19.9. The van der Waals surface area contributed by atoms with Crippen molar-refractivity contribution < 1.29 is 32.7 Å². The Bertz CT molecular complexity index is 1620. The molecule has 1 unspecified atom stereocenters. The highest BCUT2D eigenvalue weighted by Crippen LogP contribution is 2.54. The summed E-state index contributed by atoms with van der Waals surface area (Å²) in [5.41, 5.74) is 6.36. The fraction of sp³-hybridized carbons (Fsp3) is 0.706. The number of amides is 4. The van der Waals surface area contributed by atoms with Gasteiger partial charge in [-0.25, -0.2) is 14.4 Å². The number of rotatable bonds is 20. The van der Waals surface area contributed by atoms with Gasteiger partial charge in [0.15, 0.2) is 0 Å². The van der Waals surface area contributed by atoms with E-state index in [1.807, 2.05) is 0 Å². The van der Waals surface area contributed by atoms with E-state index in [1.165, 1.54) is 122 Å². The molecule has 5 N–H and O–H groups in total. The van der Waals surface area contributed by atoms with Gasteiger partial charge in [0, 0.05) is 49.3 Å². The van der Waals surface area contributed by atoms with E-state index >= 15 is 0 Å². The van der Waals surface area contributed by atoms with E-state index in [0.717, 1.165) is 63.5 Å². The van der Waals surface area contributed by atoms with Crippen LogP contribution < -0.4 is 21.3 Å². The molecule has 2 aromatic carbocycles. The van der Waals surface area contributed by atoms with E-state index in [-0.39, 0.29) is 12.1 Å². The maximum absolute atomic E-state index is 12.5. The normalized spacial score (nSPS) is 27.0. The van der Waals surface area contributed by atoms with Gasteiger partial charge in [-0.3, -0.25) is 9.80 Å². The molecule has 64 heavy (non-hydrogen) atoms. The summed E-state index contributed by atoms with van der Waals surface area (Å²) in [6.07, 6.45) is 23.1. The Labute approximate surface area is 379 Å². The summed E-state index contributed by atoms with van der Waals surface area (Å²) in [6, 6.07) is 21.6. The highest BCUT2D eigenvalue weighted by molar-refractivity contribution is 5.74. The van der Waals surface area contributed by atoms with Gasteiger partial charge < -0.3 is 26.4 Å². The number of unbranched alkanes of at least 4 members (excludes halogenated alkanes) is 8. The molecule has 4 bridgehead atoms. The second-order valence-electron chi connectivity index (χ2n) is 19.7. The first-order valence-corrected chi connectivity index (χ1v) is 25.1. The van der Waals surface area contributed by atoms with Crippen molar-refractivity contribution in [2.24, 2.45) is 11.8 Å². The lowest BCUT2D eigenvalue weighted by molar-refractivity contribution is -0.192. The Kier molecular flexibility index (Phi) is 17.7. The number of hydrogen-bond donors (Lipinski definition) is 5. The average molecular weight is 893 g/mol. The van der Waals surface area contributed by atoms with Crippen molar-refractivity contribution in [3.8, 4) is 0 Å². The van der Waals surface area contributed by atoms with Crippen molar-refractivity contribution in [2.75, 3.05) is 26.2 Å². The van der Waals surface area contributed by atoms with Crippen LogP contribution in [0.5, 0.6) is 0 Å². The number of urea groups is 2. The number of carboxylic acids is 1. The zero-order chi connectivity index (χ0) is 44.9. The minimum absolute atomic E-state index is 0.0288. The summed E-state index contributed by atoms with van der Waals surface area (Å²) in [6.45, 7) is 4.01. The predicted octanol–water partition coefficient (Wildman–Crippen LogP) is 11.4. The molecule has 4 amide bonds. The van der Waals surface area contributed by atoms with Crippen LogP contribution in [0.3, 0.4) is 0 Å². The van der Waals surface area contributed by atoms with Crippen molar-refractivity contribution in [1.29, 1.82) is 0 Å². The Hall–Kier alpha value is -3.84. The smallest absolute Gasteiger partial charge is 0.475 e. The molecule has 2 aromatic rings. The summed E-state index contributed by atoms with van der Waals surface area (Å²) >= 11 is 0. The first kappa shape index (κ1) is 48.1. The summed E-state index contributed by atoms with van der Waals surface area (Å²) in [5.74, 6) is -1.16.